The summed E-state index contributed by atoms with van der Waals surface area (Å²) in [4.78, 5) is 12.4. The molecule has 0 spiro atoms. The first-order chi connectivity index (χ1) is 12.8. The molecule has 3 rings (SSSR count). The Morgan fingerprint density at radius 3 is 1.85 bits per heavy atom. The Morgan fingerprint density at radius 2 is 1.33 bits per heavy atom. The molecule has 0 saturated heterocycles. The lowest BCUT2D eigenvalue weighted by atomic mass is 9.71. The van der Waals surface area contributed by atoms with Crippen molar-refractivity contribution < 1.29 is 27.4 Å². The number of esters is 1. The van der Waals surface area contributed by atoms with Crippen LogP contribution in [0.25, 0.3) is 0 Å². The van der Waals surface area contributed by atoms with E-state index < -0.39 is 6.36 Å². The summed E-state index contributed by atoms with van der Waals surface area (Å²) in [5.74, 6) is 0.924. The first-order valence-electron chi connectivity index (χ1n) is 9.56. The largest absolute Gasteiger partial charge is 0.573 e. The van der Waals surface area contributed by atoms with Crippen LogP contribution >= 0.6 is 12.6 Å². The van der Waals surface area contributed by atoms with Gasteiger partial charge in [0.1, 0.15) is 11.5 Å². The van der Waals surface area contributed by atoms with Crippen molar-refractivity contribution >= 4 is 18.6 Å². The summed E-state index contributed by atoms with van der Waals surface area (Å²) < 4.78 is 45.7. The van der Waals surface area contributed by atoms with Gasteiger partial charge < -0.3 is 9.47 Å². The fourth-order valence-electron chi connectivity index (χ4n) is 4.31. The number of carbonyl (C=O) groups excluding carboxylic acids is 1. The fraction of sp³-hybridized carbons (Fsp3) is 0.650. The average Bonchev–Trinajstić information content (AvgIpc) is 2.63. The quantitative estimate of drug-likeness (QED) is 0.394. The van der Waals surface area contributed by atoms with E-state index in [0.29, 0.717) is 11.2 Å². The van der Waals surface area contributed by atoms with Gasteiger partial charge in [0.25, 0.3) is 0 Å². The zero-order valence-electron chi connectivity index (χ0n) is 15.1. The van der Waals surface area contributed by atoms with Gasteiger partial charge in [-0.25, -0.2) is 0 Å². The molecule has 1 aromatic carbocycles. The SMILES string of the molecule is O=C(Oc1ccc(OC(F)(F)F)cc1)C1CCC(C2CCC(S)CC2)CC1. The summed E-state index contributed by atoms with van der Waals surface area (Å²) in [6, 6.07) is 4.93. The number of rotatable bonds is 4. The van der Waals surface area contributed by atoms with Gasteiger partial charge in [-0.3, -0.25) is 4.79 Å². The van der Waals surface area contributed by atoms with E-state index in [9.17, 15) is 18.0 Å². The molecular weight excluding hydrogens is 377 g/mol. The van der Waals surface area contributed by atoms with Crippen molar-refractivity contribution in [1.29, 1.82) is 0 Å². The number of carbonyl (C=O) groups is 1. The Labute approximate surface area is 163 Å². The van der Waals surface area contributed by atoms with Crippen LogP contribution in [0.1, 0.15) is 51.4 Å². The Morgan fingerprint density at radius 1 is 0.852 bits per heavy atom. The van der Waals surface area contributed by atoms with Crippen LogP contribution in [0.3, 0.4) is 0 Å². The Kier molecular flexibility index (Phi) is 6.61. The van der Waals surface area contributed by atoms with Gasteiger partial charge in [-0.15, -0.1) is 13.2 Å². The van der Waals surface area contributed by atoms with Gasteiger partial charge in [0.15, 0.2) is 0 Å². The Balaban J connectivity index is 1.45. The zero-order valence-corrected chi connectivity index (χ0v) is 16.0. The molecule has 2 aliphatic rings. The molecule has 0 N–H and O–H groups in total. The maximum absolute atomic E-state index is 12.4. The number of benzene rings is 1. The van der Waals surface area contributed by atoms with Crippen molar-refractivity contribution in [3.05, 3.63) is 24.3 Å². The van der Waals surface area contributed by atoms with Crippen LogP contribution in [0.4, 0.5) is 13.2 Å². The lowest BCUT2D eigenvalue weighted by Crippen LogP contribution is -2.30. The van der Waals surface area contributed by atoms with E-state index in [4.69, 9.17) is 4.74 Å². The third kappa shape index (κ3) is 6.06. The molecule has 0 amide bonds. The molecule has 2 saturated carbocycles. The van der Waals surface area contributed by atoms with E-state index in [1.54, 1.807) is 0 Å². The first kappa shape index (κ1) is 20.4. The minimum absolute atomic E-state index is 0.131. The molecule has 0 aliphatic heterocycles. The van der Waals surface area contributed by atoms with E-state index in [1.165, 1.54) is 37.8 Å². The number of thiol groups is 1. The highest BCUT2D eigenvalue weighted by molar-refractivity contribution is 7.80. The monoisotopic (exact) mass is 402 g/mol. The van der Waals surface area contributed by atoms with E-state index in [0.717, 1.165) is 43.7 Å². The molecular formula is C20H25F3O3S. The van der Waals surface area contributed by atoms with Crippen LogP contribution in [0.2, 0.25) is 0 Å². The average molecular weight is 402 g/mol. The van der Waals surface area contributed by atoms with Gasteiger partial charge in [0.2, 0.25) is 0 Å². The Bertz CT molecular complexity index is 616. The number of hydrogen-bond donors (Lipinski definition) is 1. The molecule has 0 unspecified atom stereocenters. The van der Waals surface area contributed by atoms with Crippen LogP contribution in [0.5, 0.6) is 11.5 Å². The van der Waals surface area contributed by atoms with Gasteiger partial charge in [0.05, 0.1) is 5.92 Å². The van der Waals surface area contributed by atoms with E-state index >= 15 is 0 Å². The van der Waals surface area contributed by atoms with Crippen LogP contribution in [-0.4, -0.2) is 17.6 Å². The molecule has 0 bridgehead atoms. The maximum Gasteiger partial charge on any atom is 0.573 e. The van der Waals surface area contributed by atoms with E-state index in [-0.39, 0.29) is 23.4 Å². The molecule has 0 heterocycles. The van der Waals surface area contributed by atoms with Crippen molar-refractivity contribution in [2.24, 2.45) is 17.8 Å². The van der Waals surface area contributed by atoms with Crippen molar-refractivity contribution in [3.63, 3.8) is 0 Å². The highest BCUT2D eigenvalue weighted by Gasteiger charge is 2.33. The lowest BCUT2D eigenvalue weighted by Gasteiger charge is -2.36. The number of ether oxygens (including phenoxy) is 2. The third-order valence-corrected chi connectivity index (χ3v) is 6.31. The van der Waals surface area contributed by atoms with Crippen LogP contribution in [-0.2, 0) is 4.79 Å². The second-order valence-corrected chi connectivity index (χ2v) is 8.35. The topological polar surface area (TPSA) is 35.5 Å². The second-order valence-electron chi connectivity index (χ2n) is 7.62. The molecule has 2 fully saturated rings. The van der Waals surface area contributed by atoms with Crippen LogP contribution in [0, 0.1) is 17.8 Å². The summed E-state index contributed by atoms with van der Waals surface area (Å²) in [5.41, 5.74) is 0. The molecule has 27 heavy (non-hydrogen) atoms. The minimum Gasteiger partial charge on any atom is -0.426 e. The molecule has 0 radical (unpaired) electrons. The predicted octanol–water partition coefficient (Wildman–Crippen LogP) is 5.79. The van der Waals surface area contributed by atoms with Gasteiger partial charge >= 0.3 is 12.3 Å². The normalized spacial score (nSPS) is 29.2. The molecule has 2 aliphatic carbocycles. The van der Waals surface area contributed by atoms with Crippen molar-refractivity contribution in [1.82, 2.24) is 0 Å². The molecule has 0 aromatic heterocycles. The summed E-state index contributed by atoms with van der Waals surface area (Å²) in [6.45, 7) is 0. The summed E-state index contributed by atoms with van der Waals surface area (Å²) in [6.07, 6.45) is 3.83. The Hall–Kier alpha value is -1.37. The highest BCUT2D eigenvalue weighted by atomic mass is 32.1. The van der Waals surface area contributed by atoms with Crippen molar-refractivity contribution in [2.75, 3.05) is 0 Å². The van der Waals surface area contributed by atoms with Crippen LogP contribution < -0.4 is 9.47 Å². The standard InChI is InChI=1S/C20H25F3O3S/c21-20(22,23)26-17-9-7-16(8-10-17)25-19(24)15-3-1-13(2-4-15)14-5-11-18(27)12-6-14/h7-10,13-15,18,27H,1-6,11-12H2. The van der Waals surface area contributed by atoms with Gasteiger partial charge in [0, 0.05) is 5.25 Å². The zero-order chi connectivity index (χ0) is 19.4. The minimum atomic E-state index is -4.73. The first-order valence-corrected chi connectivity index (χ1v) is 10.1. The van der Waals surface area contributed by atoms with Gasteiger partial charge in [-0.1, -0.05) is 0 Å². The van der Waals surface area contributed by atoms with Crippen molar-refractivity contribution in [3.8, 4) is 11.5 Å². The van der Waals surface area contributed by atoms with E-state index in [1.807, 2.05) is 0 Å². The molecule has 0 atom stereocenters. The van der Waals surface area contributed by atoms with Crippen LogP contribution in [0.15, 0.2) is 24.3 Å². The number of alkyl halides is 3. The van der Waals surface area contributed by atoms with Crippen molar-refractivity contribution in [2.45, 2.75) is 63.0 Å². The second kappa shape index (κ2) is 8.76. The van der Waals surface area contributed by atoms with E-state index in [2.05, 4.69) is 17.4 Å². The summed E-state index contributed by atoms with van der Waals surface area (Å²) in [5, 5.41) is 0.542. The lowest BCUT2D eigenvalue weighted by molar-refractivity contribution is -0.274. The summed E-state index contributed by atoms with van der Waals surface area (Å²) in [7, 11) is 0. The predicted molar refractivity (Wildman–Crippen MR) is 98.9 cm³/mol. The molecule has 7 heteroatoms. The molecule has 3 nitrogen and oxygen atoms in total. The third-order valence-electron chi connectivity index (χ3n) is 5.79. The van der Waals surface area contributed by atoms with Gasteiger partial charge in [-0.2, -0.15) is 12.6 Å². The molecule has 1 aromatic rings. The summed E-state index contributed by atoms with van der Waals surface area (Å²) >= 11 is 4.56. The number of hydrogen-bond acceptors (Lipinski definition) is 4. The smallest absolute Gasteiger partial charge is 0.426 e. The number of halogens is 3. The fourth-order valence-corrected chi connectivity index (χ4v) is 4.61. The van der Waals surface area contributed by atoms with Gasteiger partial charge in [-0.05, 0) is 87.5 Å². The maximum atomic E-state index is 12.4. The highest BCUT2D eigenvalue weighted by Crippen LogP contribution is 2.41. The molecule has 150 valence electrons.